The van der Waals surface area contributed by atoms with Crippen molar-refractivity contribution in [1.82, 2.24) is 10.1 Å². The van der Waals surface area contributed by atoms with E-state index in [2.05, 4.69) is 36.1 Å². The van der Waals surface area contributed by atoms with E-state index in [-0.39, 0.29) is 11.8 Å². The Morgan fingerprint density at radius 3 is 2.25 bits per heavy atom. The molecule has 1 fully saturated rings. The maximum absolute atomic E-state index is 12.7. The first-order chi connectivity index (χ1) is 15.4. The van der Waals surface area contributed by atoms with Gasteiger partial charge in [-0.05, 0) is 35.7 Å². The molecule has 1 atom stereocenters. The van der Waals surface area contributed by atoms with Gasteiger partial charge in [-0.2, -0.15) is 4.98 Å². The van der Waals surface area contributed by atoms with Crippen molar-refractivity contribution >= 4 is 11.6 Å². The molecule has 0 bridgehead atoms. The topological polar surface area (TPSA) is 86.9 Å². The number of nitrogens with zero attached hydrogens (tertiary/aromatic N) is 3. The largest absolute Gasteiger partial charge is 0.493 e. The standard InChI is InChI=1S/C24H27N3O5/c1-14(2)15-6-8-18(9-7-15)27-13-17(12-21(27)28)24-25-23(26-32-24)16-10-19(29-3)22(31-5)20(11-16)30-4/h6-11,14,17H,12-13H2,1-5H3. The second-order valence-corrected chi connectivity index (χ2v) is 8.02. The van der Waals surface area contributed by atoms with Crippen LogP contribution >= 0.6 is 0 Å². The summed E-state index contributed by atoms with van der Waals surface area (Å²) in [5.74, 6) is 2.63. The molecule has 0 N–H and O–H groups in total. The molecule has 1 unspecified atom stereocenters. The van der Waals surface area contributed by atoms with Crippen molar-refractivity contribution in [3.8, 4) is 28.6 Å². The molecule has 3 aromatic rings. The Kier molecular flexibility index (Phi) is 6.03. The lowest BCUT2D eigenvalue weighted by Gasteiger charge is -2.17. The predicted octanol–water partition coefficient (Wildman–Crippen LogP) is 4.41. The Morgan fingerprint density at radius 2 is 1.69 bits per heavy atom. The zero-order valence-electron chi connectivity index (χ0n) is 18.9. The van der Waals surface area contributed by atoms with Crippen molar-refractivity contribution < 1.29 is 23.5 Å². The van der Waals surface area contributed by atoms with Crippen molar-refractivity contribution in [2.75, 3.05) is 32.8 Å². The number of carbonyl (C=O) groups excluding carboxylic acids is 1. The van der Waals surface area contributed by atoms with Gasteiger partial charge in [0.15, 0.2) is 11.5 Å². The van der Waals surface area contributed by atoms with E-state index in [9.17, 15) is 4.79 Å². The van der Waals surface area contributed by atoms with Crippen LogP contribution in [0.5, 0.6) is 17.2 Å². The van der Waals surface area contributed by atoms with Gasteiger partial charge in [0.05, 0.1) is 27.2 Å². The summed E-state index contributed by atoms with van der Waals surface area (Å²) in [6.07, 6.45) is 0.322. The molecule has 0 spiro atoms. The number of carbonyl (C=O) groups is 1. The van der Waals surface area contributed by atoms with Gasteiger partial charge in [-0.1, -0.05) is 31.1 Å². The number of anilines is 1. The summed E-state index contributed by atoms with van der Waals surface area (Å²) < 4.78 is 21.7. The highest BCUT2D eigenvalue weighted by Crippen LogP contribution is 2.41. The molecule has 168 valence electrons. The van der Waals surface area contributed by atoms with Gasteiger partial charge >= 0.3 is 0 Å². The quantitative estimate of drug-likeness (QED) is 0.541. The normalized spacial score (nSPS) is 16.0. The summed E-state index contributed by atoms with van der Waals surface area (Å²) in [5.41, 5.74) is 2.79. The first-order valence-electron chi connectivity index (χ1n) is 10.5. The predicted molar refractivity (Wildman–Crippen MR) is 120 cm³/mol. The number of benzene rings is 2. The van der Waals surface area contributed by atoms with Crippen LogP contribution in [0.25, 0.3) is 11.4 Å². The van der Waals surface area contributed by atoms with Crippen LogP contribution in [0, 0.1) is 0 Å². The zero-order chi connectivity index (χ0) is 22.8. The molecule has 0 aliphatic carbocycles. The van der Waals surface area contributed by atoms with E-state index in [1.165, 1.54) is 5.56 Å². The third kappa shape index (κ3) is 4.00. The van der Waals surface area contributed by atoms with Crippen LogP contribution in [0.3, 0.4) is 0 Å². The number of amides is 1. The Bertz CT molecular complexity index is 1080. The van der Waals surface area contributed by atoms with Gasteiger partial charge in [0.2, 0.25) is 23.4 Å². The van der Waals surface area contributed by atoms with Crippen LogP contribution in [0.1, 0.15) is 43.6 Å². The molecule has 1 aliphatic heterocycles. The molecule has 8 heteroatoms. The smallest absolute Gasteiger partial charge is 0.232 e. The first kappa shape index (κ1) is 21.7. The van der Waals surface area contributed by atoms with Gasteiger partial charge in [-0.15, -0.1) is 0 Å². The van der Waals surface area contributed by atoms with Crippen molar-refractivity contribution in [3.63, 3.8) is 0 Å². The Morgan fingerprint density at radius 1 is 1.03 bits per heavy atom. The fraction of sp³-hybridized carbons (Fsp3) is 0.375. The summed E-state index contributed by atoms with van der Waals surface area (Å²) in [5, 5.41) is 4.12. The van der Waals surface area contributed by atoms with Crippen LogP contribution in [0.15, 0.2) is 40.9 Å². The number of rotatable bonds is 7. The highest BCUT2D eigenvalue weighted by Gasteiger charge is 2.35. The number of hydrogen-bond donors (Lipinski definition) is 0. The van der Waals surface area contributed by atoms with Gasteiger partial charge in [0, 0.05) is 24.2 Å². The number of aromatic nitrogens is 2. The van der Waals surface area contributed by atoms with Crippen molar-refractivity contribution in [3.05, 3.63) is 47.9 Å². The lowest BCUT2D eigenvalue weighted by molar-refractivity contribution is -0.117. The Hall–Kier alpha value is -3.55. The molecule has 4 rings (SSSR count). The van der Waals surface area contributed by atoms with Crippen LogP contribution in [-0.2, 0) is 4.79 Å². The van der Waals surface area contributed by atoms with Gasteiger partial charge < -0.3 is 23.6 Å². The minimum absolute atomic E-state index is 0.0415. The number of methoxy groups -OCH3 is 3. The van der Waals surface area contributed by atoms with Crippen LogP contribution < -0.4 is 19.1 Å². The molecule has 1 saturated heterocycles. The van der Waals surface area contributed by atoms with Gasteiger partial charge in [0.25, 0.3) is 0 Å². The van der Waals surface area contributed by atoms with Crippen LogP contribution in [0.4, 0.5) is 5.69 Å². The average molecular weight is 437 g/mol. The fourth-order valence-corrected chi connectivity index (χ4v) is 3.89. The fourth-order valence-electron chi connectivity index (χ4n) is 3.89. The summed E-state index contributed by atoms with van der Waals surface area (Å²) in [6.45, 7) is 4.79. The monoisotopic (exact) mass is 437 g/mol. The molecule has 0 radical (unpaired) electrons. The van der Waals surface area contributed by atoms with E-state index < -0.39 is 0 Å². The van der Waals surface area contributed by atoms with Gasteiger partial charge in [0.1, 0.15) is 0 Å². The Labute approximate surface area is 187 Å². The lowest BCUT2D eigenvalue weighted by atomic mass is 10.0. The summed E-state index contributed by atoms with van der Waals surface area (Å²) in [6, 6.07) is 11.6. The number of ether oxygens (including phenoxy) is 3. The molecule has 2 aromatic carbocycles. The van der Waals surface area contributed by atoms with E-state index in [1.54, 1.807) is 38.4 Å². The van der Waals surface area contributed by atoms with Gasteiger partial charge in [-0.3, -0.25) is 4.79 Å². The molecule has 0 saturated carbocycles. The number of hydrogen-bond acceptors (Lipinski definition) is 7. The van der Waals surface area contributed by atoms with E-state index in [1.807, 2.05) is 12.1 Å². The third-order valence-corrected chi connectivity index (χ3v) is 5.71. The third-order valence-electron chi connectivity index (χ3n) is 5.71. The minimum atomic E-state index is -0.171. The van der Waals surface area contributed by atoms with Crippen molar-refractivity contribution in [1.29, 1.82) is 0 Å². The van der Waals surface area contributed by atoms with E-state index in [4.69, 9.17) is 18.7 Å². The average Bonchev–Trinajstić information content (AvgIpc) is 3.45. The molecule has 8 nitrogen and oxygen atoms in total. The summed E-state index contributed by atoms with van der Waals surface area (Å²) in [4.78, 5) is 19.0. The highest BCUT2D eigenvalue weighted by molar-refractivity contribution is 5.96. The lowest BCUT2D eigenvalue weighted by Crippen LogP contribution is -2.24. The summed E-state index contributed by atoms with van der Waals surface area (Å²) >= 11 is 0. The molecule has 1 aliphatic rings. The van der Waals surface area contributed by atoms with Crippen molar-refractivity contribution in [2.24, 2.45) is 0 Å². The van der Waals surface area contributed by atoms with Crippen LogP contribution in [-0.4, -0.2) is 43.9 Å². The Balaban J connectivity index is 1.56. The SMILES string of the molecule is COc1cc(-c2noc(C3CC(=O)N(c4ccc(C(C)C)cc4)C3)n2)cc(OC)c1OC. The second-order valence-electron chi connectivity index (χ2n) is 8.02. The van der Waals surface area contributed by atoms with Gasteiger partial charge in [-0.25, -0.2) is 0 Å². The van der Waals surface area contributed by atoms with Crippen LogP contribution in [0.2, 0.25) is 0 Å². The first-order valence-corrected chi connectivity index (χ1v) is 10.5. The van der Waals surface area contributed by atoms with E-state index in [0.29, 0.717) is 53.4 Å². The van der Waals surface area contributed by atoms with E-state index in [0.717, 1.165) is 5.69 Å². The maximum Gasteiger partial charge on any atom is 0.232 e. The van der Waals surface area contributed by atoms with E-state index >= 15 is 0 Å². The molecular formula is C24H27N3O5. The highest BCUT2D eigenvalue weighted by atomic mass is 16.5. The molecule has 2 heterocycles. The molecule has 1 aromatic heterocycles. The maximum atomic E-state index is 12.7. The minimum Gasteiger partial charge on any atom is -0.493 e. The summed E-state index contributed by atoms with van der Waals surface area (Å²) in [7, 11) is 4.65. The zero-order valence-corrected chi connectivity index (χ0v) is 18.9. The van der Waals surface area contributed by atoms with Crippen molar-refractivity contribution in [2.45, 2.75) is 32.1 Å². The molecular weight excluding hydrogens is 410 g/mol. The molecule has 1 amide bonds. The second kappa shape index (κ2) is 8.90. The molecule has 32 heavy (non-hydrogen) atoms.